The third-order valence-corrected chi connectivity index (χ3v) is 4.24. The van der Waals surface area contributed by atoms with Crippen molar-refractivity contribution in [3.63, 3.8) is 0 Å². The fourth-order valence-electron chi connectivity index (χ4n) is 3.09. The lowest BCUT2D eigenvalue weighted by molar-refractivity contribution is 0.0674. The van der Waals surface area contributed by atoms with Crippen LogP contribution >= 0.6 is 0 Å². The van der Waals surface area contributed by atoms with Crippen LogP contribution in [-0.2, 0) is 0 Å². The number of anilines is 1. The number of piperidine rings is 1. The number of amides is 1. The summed E-state index contributed by atoms with van der Waals surface area (Å²) in [6.45, 7) is 8.14. The highest BCUT2D eigenvalue weighted by atomic mass is 16.2. The Balaban J connectivity index is 2.05. The molecule has 1 aromatic rings. The van der Waals surface area contributed by atoms with Crippen LogP contribution in [0.4, 0.5) is 5.69 Å². The minimum atomic E-state index is 0.130. The van der Waals surface area contributed by atoms with E-state index < -0.39 is 0 Å². The molecule has 2 N–H and O–H groups in total. The van der Waals surface area contributed by atoms with Crippen LogP contribution in [0.1, 0.15) is 63.0 Å². The van der Waals surface area contributed by atoms with Crippen molar-refractivity contribution in [1.82, 2.24) is 9.47 Å². The van der Waals surface area contributed by atoms with Gasteiger partial charge in [-0.1, -0.05) is 19.8 Å². The van der Waals surface area contributed by atoms with Crippen LogP contribution in [-0.4, -0.2) is 28.5 Å². The first kappa shape index (κ1) is 14.9. The predicted molar refractivity (Wildman–Crippen MR) is 82.8 cm³/mol. The van der Waals surface area contributed by atoms with Crippen LogP contribution in [0, 0.1) is 5.92 Å². The molecule has 1 saturated heterocycles. The highest BCUT2D eigenvalue weighted by Crippen LogP contribution is 2.24. The molecular formula is C16H27N3O. The van der Waals surface area contributed by atoms with E-state index in [1.54, 1.807) is 6.07 Å². The Bertz CT molecular complexity index is 456. The van der Waals surface area contributed by atoms with Crippen molar-refractivity contribution < 1.29 is 4.79 Å². The summed E-state index contributed by atoms with van der Waals surface area (Å²) in [7, 11) is 0. The first-order valence-electron chi connectivity index (χ1n) is 7.79. The van der Waals surface area contributed by atoms with E-state index in [0.717, 1.165) is 37.5 Å². The zero-order chi connectivity index (χ0) is 14.7. The van der Waals surface area contributed by atoms with Crippen LogP contribution in [0.3, 0.4) is 0 Å². The van der Waals surface area contributed by atoms with Gasteiger partial charge in [0.15, 0.2) is 0 Å². The molecule has 1 aliphatic heterocycles. The molecule has 0 aliphatic carbocycles. The minimum absolute atomic E-state index is 0.130. The third-order valence-electron chi connectivity index (χ3n) is 4.24. The van der Waals surface area contributed by atoms with E-state index in [2.05, 4.69) is 20.8 Å². The molecule has 0 atom stereocenters. The molecule has 0 spiro atoms. The minimum Gasteiger partial charge on any atom is -0.397 e. The third kappa shape index (κ3) is 3.17. The van der Waals surface area contributed by atoms with Gasteiger partial charge in [-0.15, -0.1) is 0 Å². The second-order valence-electron chi connectivity index (χ2n) is 6.18. The molecule has 20 heavy (non-hydrogen) atoms. The Hall–Kier alpha value is -1.45. The standard InChI is InChI=1S/C16H27N3O/c1-4-5-13-6-8-18(9-7-13)16(20)15-10-14(17)11-19(15)12(2)3/h10-13H,4-9,17H2,1-3H3. The van der Waals surface area contributed by atoms with Gasteiger partial charge in [-0.25, -0.2) is 0 Å². The Labute approximate surface area is 121 Å². The lowest BCUT2D eigenvalue weighted by Gasteiger charge is -2.32. The maximum absolute atomic E-state index is 12.7. The highest BCUT2D eigenvalue weighted by molar-refractivity contribution is 5.94. The van der Waals surface area contributed by atoms with Crippen molar-refractivity contribution in [3.05, 3.63) is 18.0 Å². The quantitative estimate of drug-likeness (QED) is 0.918. The molecule has 1 aliphatic rings. The molecule has 4 heteroatoms. The molecule has 4 nitrogen and oxygen atoms in total. The first-order chi connectivity index (χ1) is 9.52. The fourth-order valence-corrected chi connectivity index (χ4v) is 3.09. The number of carbonyl (C=O) groups is 1. The summed E-state index contributed by atoms with van der Waals surface area (Å²) in [6.07, 6.45) is 6.67. The van der Waals surface area contributed by atoms with E-state index in [0.29, 0.717) is 5.69 Å². The molecule has 0 saturated carbocycles. The summed E-state index contributed by atoms with van der Waals surface area (Å²) >= 11 is 0. The second kappa shape index (κ2) is 6.33. The molecule has 0 bridgehead atoms. The molecule has 2 rings (SSSR count). The van der Waals surface area contributed by atoms with Crippen molar-refractivity contribution in [2.75, 3.05) is 18.8 Å². The summed E-state index contributed by atoms with van der Waals surface area (Å²) in [5.41, 5.74) is 7.25. The number of nitrogens with zero attached hydrogens (tertiary/aromatic N) is 2. The summed E-state index contributed by atoms with van der Waals surface area (Å²) in [4.78, 5) is 14.6. The normalized spacial score (nSPS) is 16.9. The van der Waals surface area contributed by atoms with Gasteiger partial charge < -0.3 is 15.2 Å². The molecule has 1 amide bonds. The summed E-state index contributed by atoms with van der Waals surface area (Å²) in [6, 6.07) is 2.06. The molecule has 0 aromatic carbocycles. The maximum Gasteiger partial charge on any atom is 0.270 e. The van der Waals surface area contributed by atoms with E-state index in [-0.39, 0.29) is 11.9 Å². The molecule has 1 fully saturated rings. The van der Waals surface area contributed by atoms with Crippen LogP contribution in [0.25, 0.3) is 0 Å². The van der Waals surface area contributed by atoms with Gasteiger partial charge in [0.2, 0.25) is 0 Å². The van der Waals surface area contributed by atoms with E-state index in [1.807, 2.05) is 15.7 Å². The van der Waals surface area contributed by atoms with Crippen LogP contribution in [0.2, 0.25) is 0 Å². The van der Waals surface area contributed by atoms with Gasteiger partial charge in [0.05, 0.1) is 5.69 Å². The van der Waals surface area contributed by atoms with Gasteiger partial charge in [-0.05, 0) is 38.7 Å². The van der Waals surface area contributed by atoms with Crippen LogP contribution in [0.15, 0.2) is 12.3 Å². The molecule has 112 valence electrons. The van der Waals surface area contributed by atoms with Gasteiger partial charge in [-0.3, -0.25) is 4.79 Å². The Kier molecular flexibility index (Phi) is 4.73. The second-order valence-corrected chi connectivity index (χ2v) is 6.18. The van der Waals surface area contributed by atoms with Gasteiger partial charge in [0, 0.05) is 25.3 Å². The number of rotatable bonds is 4. The summed E-state index contributed by atoms with van der Waals surface area (Å²) in [5, 5.41) is 0. The van der Waals surface area contributed by atoms with Crippen molar-refractivity contribution >= 4 is 11.6 Å². The van der Waals surface area contributed by atoms with Crippen molar-refractivity contribution in [3.8, 4) is 0 Å². The Morgan fingerprint density at radius 1 is 1.40 bits per heavy atom. The average Bonchev–Trinajstić information content (AvgIpc) is 2.81. The number of likely N-dealkylation sites (tertiary alicyclic amines) is 1. The van der Waals surface area contributed by atoms with Crippen LogP contribution < -0.4 is 5.73 Å². The first-order valence-corrected chi connectivity index (χ1v) is 7.79. The van der Waals surface area contributed by atoms with E-state index in [1.165, 1.54) is 12.8 Å². The largest absolute Gasteiger partial charge is 0.397 e. The van der Waals surface area contributed by atoms with Gasteiger partial charge in [-0.2, -0.15) is 0 Å². The predicted octanol–water partition coefficient (Wildman–Crippen LogP) is 3.30. The number of nitrogen functional groups attached to an aromatic ring is 1. The topological polar surface area (TPSA) is 51.3 Å². The Morgan fingerprint density at radius 2 is 2.05 bits per heavy atom. The molecule has 2 heterocycles. The van der Waals surface area contributed by atoms with Gasteiger partial charge in [0.25, 0.3) is 5.91 Å². The number of hydrogen-bond donors (Lipinski definition) is 1. The number of carbonyl (C=O) groups excluding carboxylic acids is 1. The maximum atomic E-state index is 12.7. The smallest absolute Gasteiger partial charge is 0.270 e. The summed E-state index contributed by atoms with van der Waals surface area (Å²) in [5.74, 6) is 0.927. The molecular weight excluding hydrogens is 250 g/mol. The Morgan fingerprint density at radius 3 is 2.60 bits per heavy atom. The fraction of sp³-hybridized carbons (Fsp3) is 0.688. The zero-order valence-electron chi connectivity index (χ0n) is 12.9. The lowest BCUT2D eigenvalue weighted by Crippen LogP contribution is -2.39. The number of nitrogens with two attached hydrogens (primary N) is 1. The van der Waals surface area contributed by atoms with E-state index in [4.69, 9.17) is 5.73 Å². The average molecular weight is 277 g/mol. The van der Waals surface area contributed by atoms with Gasteiger partial charge in [0.1, 0.15) is 5.69 Å². The zero-order valence-corrected chi connectivity index (χ0v) is 12.9. The molecule has 0 radical (unpaired) electrons. The van der Waals surface area contributed by atoms with E-state index in [9.17, 15) is 4.79 Å². The molecule has 1 aromatic heterocycles. The SMILES string of the molecule is CCCC1CCN(C(=O)c2cc(N)cn2C(C)C)CC1. The van der Waals surface area contributed by atoms with Crippen molar-refractivity contribution in [1.29, 1.82) is 0 Å². The highest BCUT2D eigenvalue weighted by Gasteiger charge is 2.25. The number of aromatic nitrogens is 1. The summed E-state index contributed by atoms with van der Waals surface area (Å²) < 4.78 is 1.98. The van der Waals surface area contributed by atoms with Crippen LogP contribution in [0.5, 0.6) is 0 Å². The van der Waals surface area contributed by atoms with E-state index >= 15 is 0 Å². The lowest BCUT2D eigenvalue weighted by atomic mass is 9.92. The number of hydrogen-bond acceptors (Lipinski definition) is 2. The van der Waals surface area contributed by atoms with Crippen molar-refractivity contribution in [2.45, 2.75) is 52.5 Å². The van der Waals surface area contributed by atoms with Crippen molar-refractivity contribution in [2.24, 2.45) is 5.92 Å². The molecule has 0 unspecified atom stereocenters. The monoisotopic (exact) mass is 277 g/mol. The van der Waals surface area contributed by atoms with Gasteiger partial charge >= 0.3 is 0 Å².